The molecule has 2 saturated heterocycles. The van der Waals surface area contributed by atoms with E-state index >= 15 is 0 Å². The van der Waals surface area contributed by atoms with E-state index in [2.05, 4.69) is 5.32 Å². The summed E-state index contributed by atoms with van der Waals surface area (Å²) < 4.78 is 10.5. The fourth-order valence-corrected chi connectivity index (χ4v) is 2.40. The van der Waals surface area contributed by atoms with E-state index in [4.69, 9.17) is 9.47 Å². The largest absolute Gasteiger partial charge is 0.480 e. The molecular weight excluding hydrogens is 252 g/mol. The quantitative estimate of drug-likeness (QED) is 0.741. The molecule has 2 amide bonds. The van der Waals surface area contributed by atoms with Crippen LogP contribution in [0.3, 0.4) is 0 Å². The molecule has 2 aliphatic rings. The van der Waals surface area contributed by atoms with Gasteiger partial charge in [0.15, 0.2) is 0 Å². The van der Waals surface area contributed by atoms with Crippen molar-refractivity contribution in [2.75, 3.05) is 32.9 Å². The average molecular weight is 272 g/mol. The van der Waals surface area contributed by atoms with Crippen molar-refractivity contribution in [1.29, 1.82) is 0 Å². The molecule has 1 atom stereocenters. The van der Waals surface area contributed by atoms with Crippen molar-refractivity contribution >= 4 is 12.0 Å². The third-order valence-corrected chi connectivity index (χ3v) is 3.63. The highest BCUT2D eigenvalue weighted by Crippen LogP contribution is 2.21. The van der Waals surface area contributed by atoms with E-state index in [1.54, 1.807) is 4.90 Å². The summed E-state index contributed by atoms with van der Waals surface area (Å²) in [6, 6.07) is -0.334. The number of amides is 2. The molecule has 2 rings (SSSR count). The van der Waals surface area contributed by atoms with E-state index in [0.29, 0.717) is 45.8 Å². The molecule has 0 saturated carbocycles. The van der Waals surface area contributed by atoms with Crippen molar-refractivity contribution in [1.82, 2.24) is 10.2 Å². The Balaban J connectivity index is 2.00. The van der Waals surface area contributed by atoms with Crippen LogP contribution < -0.4 is 5.32 Å². The Labute approximate surface area is 111 Å². The summed E-state index contributed by atoms with van der Waals surface area (Å²) in [4.78, 5) is 25.2. The lowest BCUT2D eigenvalue weighted by molar-refractivity contribution is -0.148. The zero-order valence-corrected chi connectivity index (χ0v) is 11.1. The van der Waals surface area contributed by atoms with Gasteiger partial charge in [-0.05, 0) is 6.92 Å². The van der Waals surface area contributed by atoms with Crippen LogP contribution in [-0.4, -0.2) is 66.6 Å². The Morgan fingerprint density at radius 3 is 2.58 bits per heavy atom. The second kappa shape index (κ2) is 5.75. The summed E-state index contributed by atoms with van der Waals surface area (Å²) in [6.45, 7) is 4.05. The number of morpholine rings is 1. The maximum atomic E-state index is 12.2. The number of nitrogens with one attached hydrogen (secondary N) is 1. The summed E-state index contributed by atoms with van der Waals surface area (Å²) >= 11 is 0. The summed E-state index contributed by atoms with van der Waals surface area (Å²) in [7, 11) is 0. The van der Waals surface area contributed by atoms with Crippen LogP contribution in [0.15, 0.2) is 0 Å². The van der Waals surface area contributed by atoms with Gasteiger partial charge in [0.2, 0.25) is 0 Å². The van der Waals surface area contributed by atoms with E-state index < -0.39 is 11.5 Å². The fraction of sp³-hybridized carbons (Fsp3) is 0.833. The first-order chi connectivity index (χ1) is 9.03. The predicted molar refractivity (Wildman–Crippen MR) is 65.9 cm³/mol. The highest BCUT2D eigenvalue weighted by molar-refractivity contribution is 5.86. The van der Waals surface area contributed by atoms with Gasteiger partial charge in [0.25, 0.3) is 0 Å². The van der Waals surface area contributed by atoms with Crippen molar-refractivity contribution in [3.63, 3.8) is 0 Å². The highest BCUT2D eigenvalue weighted by atomic mass is 16.5. The normalized spacial score (nSPS) is 26.8. The Morgan fingerprint density at radius 2 is 2.00 bits per heavy atom. The fourth-order valence-electron chi connectivity index (χ4n) is 2.40. The molecule has 0 bridgehead atoms. The van der Waals surface area contributed by atoms with Crippen molar-refractivity contribution in [2.24, 2.45) is 0 Å². The molecule has 2 aliphatic heterocycles. The highest BCUT2D eigenvalue weighted by Gasteiger charge is 2.42. The molecule has 0 aliphatic carbocycles. The summed E-state index contributed by atoms with van der Waals surface area (Å²) in [5.74, 6) is -0.995. The van der Waals surface area contributed by atoms with Gasteiger partial charge in [-0.3, -0.25) is 0 Å². The number of hydrogen-bond acceptors (Lipinski definition) is 4. The average Bonchev–Trinajstić information content (AvgIpc) is 2.39. The van der Waals surface area contributed by atoms with Crippen molar-refractivity contribution < 1.29 is 24.2 Å². The molecule has 19 heavy (non-hydrogen) atoms. The SMILES string of the molecule is CC1CN(C(=O)NC2(C(=O)O)CCOCC2)CCO1. The van der Waals surface area contributed by atoms with Crippen LogP contribution in [-0.2, 0) is 14.3 Å². The number of aliphatic carboxylic acids is 1. The van der Waals surface area contributed by atoms with Crippen LogP contribution in [0.2, 0.25) is 0 Å². The summed E-state index contributed by atoms with van der Waals surface area (Å²) in [5, 5.41) is 12.0. The first kappa shape index (κ1) is 14.1. The summed E-state index contributed by atoms with van der Waals surface area (Å²) in [6.07, 6.45) is 0.581. The van der Waals surface area contributed by atoms with Crippen LogP contribution in [0.25, 0.3) is 0 Å². The molecular formula is C12H20N2O5. The van der Waals surface area contributed by atoms with E-state index in [9.17, 15) is 14.7 Å². The lowest BCUT2D eigenvalue weighted by Gasteiger charge is -2.37. The van der Waals surface area contributed by atoms with Gasteiger partial charge in [-0.15, -0.1) is 0 Å². The van der Waals surface area contributed by atoms with Crippen LogP contribution in [0.5, 0.6) is 0 Å². The van der Waals surface area contributed by atoms with E-state index in [0.717, 1.165) is 0 Å². The van der Waals surface area contributed by atoms with Gasteiger partial charge in [0.05, 0.1) is 12.7 Å². The second-order valence-corrected chi connectivity index (χ2v) is 5.06. The van der Waals surface area contributed by atoms with Crippen LogP contribution >= 0.6 is 0 Å². The Hall–Kier alpha value is -1.34. The predicted octanol–water partition coefficient (Wildman–Crippen LogP) is 0.0505. The van der Waals surface area contributed by atoms with Crippen LogP contribution in [0, 0.1) is 0 Å². The minimum atomic E-state index is -1.20. The number of rotatable bonds is 2. The number of ether oxygens (including phenoxy) is 2. The molecule has 1 unspecified atom stereocenters. The molecule has 7 heteroatoms. The summed E-state index contributed by atoms with van der Waals surface area (Å²) in [5.41, 5.74) is -1.20. The Morgan fingerprint density at radius 1 is 1.32 bits per heavy atom. The van der Waals surface area contributed by atoms with Crippen molar-refractivity contribution in [3.8, 4) is 0 Å². The molecule has 0 spiro atoms. The number of nitrogens with zero attached hydrogens (tertiary/aromatic N) is 1. The topological polar surface area (TPSA) is 88.1 Å². The number of urea groups is 1. The maximum Gasteiger partial charge on any atom is 0.329 e. The first-order valence-electron chi connectivity index (χ1n) is 6.53. The van der Waals surface area contributed by atoms with Crippen molar-refractivity contribution in [3.05, 3.63) is 0 Å². The first-order valence-corrected chi connectivity index (χ1v) is 6.53. The molecule has 0 aromatic carbocycles. The molecule has 108 valence electrons. The lowest BCUT2D eigenvalue weighted by Crippen LogP contribution is -2.61. The third-order valence-electron chi connectivity index (χ3n) is 3.63. The smallest absolute Gasteiger partial charge is 0.329 e. The number of carbonyl (C=O) groups excluding carboxylic acids is 1. The van der Waals surface area contributed by atoms with Crippen LogP contribution in [0.4, 0.5) is 4.79 Å². The zero-order valence-electron chi connectivity index (χ0n) is 11.1. The Bertz CT molecular complexity index is 354. The monoisotopic (exact) mass is 272 g/mol. The number of carboxylic acid groups (broad SMARTS) is 1. The van der Waals surface area contributed by atoms with Crippen molar-refractivity contribution in [2.45, 2.75) is 31.4 Å². The molecule has 0 aromatic heterocycles. The second-order valence-electron chi connectivity index (χ2n) is 5.06. The zero-order chi connectivity index (χ0) is 13.9. The van der Waals surface area contributed by atoms with E-state index in [1.807, 2.05) is 6.92 Å². The van der Waals surface area contributed by atoms with Crippen LogP contribution in [0.1, 0.15) is 19.8 Å². The molecule has 0 radical (unpaired) electrons. The molecule has 2 fully saturated rings. The third kappa shape index (κ3) is 3.16. The molecule has 2 N–H and O–H groups in total. The van der Waals surface area contributed by atoms with Gasteiger partial charge in [-0.1, -0.05) is 0 Å². The lowest BCUT2D eigenvalue weighted by atomic mass is 9.90. The molecule has 0 aromatic rings. The standard InChI is InChI=1S/C12H20N2O5/c1-9-8-14(4-7-19-9)11(17)13-12(10(15)16)2-5-18-6-3-12/h9H,2-8H2,1H3,(H,13,17)(H,15,16). The maximum absolute atomic E-state index is 12.2. The number of carboxylic acids is 1. The Kier molecular flexibility index (Phi) is 4.26. The van der Waals surface area contributed by atoms with Gasteiger partial charge < -0.3 is 24.8 Å². The molecule has 2 heterocycles. The van der Waals surface area contributed by atoms with Gasteiger partial charge in [0, 0.05) is 39.1 Å². The van der Waals surface area contributed by atoms with Gasteiger partial charge in [-0.25, -0.2) is 9.59 Å². The van der Waals surface area contributed by atoms with Gasteiger partial charge >= 0.3 is 12.0 Å². The molecule has 7 nitrogen and oxygen atoms in total. The van der Waals surface area contributed by atoms with Gasteiger partial charge in [-0.2, -0.15) is 0 Å². The van der Waals surface area contributed by atoms with E-state index in [-0.39, 0.29) is 12.1 Å². The van der Waals surface area contributed by atoms with Gasteiger partial charge in [0.1, 0.15) is 5.54 Å². The number of hydrogen-bond donors (Lipinski definition) is 2. The minimum absolute atomic E-state index is 0.0185. The minimum Gasteiger partial charge on any atom is -0.480 e. The number of carbonyl (C=O) groups is 2. The van der Waals surface area contributed by atoms with E-state index in [1.165, 1.54) is 0 Å².